The molecule has 2 saturated heterocycles. The Hall–Kier alpha value is -1.29. The Kier molecular flexibility index (Phi) is 4.65. The molecular formula is C21H32N2O2. The van der Waals surface area contributed by atoms with Crippen LogP contribution in [0.4, 0.5) is 0 Å². The quantitative estimate of drug-likeness (QED) is 0.836. The first-order valence-corrected chi connectivity index (χ1v) is 10.2. The van der Waals surface area contributed by atoms with Crippen molar-refractivity contribution in [3.05, 3.63) is 23.4 Å². The number of amides is 1. The van der Waals surface area contributed by atoms with Crippen LogP contribution >= 0.6 is 0 Å². The summed E-state index contributed by atoms with van der Waals surface area (Å²) in [7, 11) is 0. The molecule has 1 atom stereocenters. The molecule has 25 heavy (non-hydrogen) atoms. The molecule has 1 saturated carbocycles. The van der Waals surface area contributed by atoms with E-state index in [4.69, 9.17) is 0 Å². The van der Waals surface area contributed by atoms with Crippen LogP contribution in [-0.2, 0) is 4.79 Å². The highest BCUT2D eigenvalue weighted by atomic mass is 16.3. The number of carbonyl (C=O) groups is 1. The van der Waals surface area contributed by atoms with E-state index in [9.17, 15) is 9.90 Å². The van der Waals surface area contributed by atoms with Crippen molar-refractivity contribution in [1.82, 2.24) is 9.80 Å². The van der Waals surface area contributed by atoms with Gasteiger partial charge in [0.05, 0.1) is 11.5 Å². The second kappa shape index (κ2) is 6.79. The van der Waals surface area contributed by atoms with E-state index < -0.39 is 0 Å². The number of carbonyl (C=O) groups excluding carboxylic acids is 1. The van der Waals surface area contributed by atoms with E-state index in [2.05, 4.69) is 28.9 Å². The summed E-state index contributed by atoms with van der Waals surface area (Å²) in [6.45, 7) is 5.11. The van der Waals surface area contributed by atoms with Gasteiger partial charge in [-0.2, -0.15) is 0 Å². The van der Waals surface area contributed by atoms with Crippen LogP contribution in [0.5, 0.6) is 0 Å². The number of likely N-dealkylation sites (tertiary alicyclic amines) is 2. The van der Waals surface area contributed by atoms with Gasteiger partial charge in [-0.25, -0.2) is 0 Å². The molecule has 1 amide bonds. The minimum Gasteiger partial charge on any atom is -0.393 e. The number of aliphatic hydroxyl groups is 1. The van der Waals surface area contributed by atoms with E-state index in [1.54, 1.807) is 0 Å². The molecule has 138 valence electrons. The lowest BCUT2D eigenvalue weighted by Gasteiger charge is -2.43. The van der Waals surface area contributed by atoms with Crippen molar-refractivity contribution in [2.24, 2.45) is 5.41 Å². The van der Waals surface area contributed by atoms with Gasteiger partial charge in [-0.15, -0.1) is 0 Å². The van der Waals surface area contributed by atoms with Crippen LogP contribution in [0.2, 0.25) is 0 Å². The van der Waals surface area contributed by atoms with Gasteiger partial charge < -0.3 is 14.9 Å². The first-order valence-electron chi connectivity index (χ1n) is 10.2. The van der Waals surface area contributed by atoms with Gasteiger partial charge in [-0.3, -0.25) is 4.79 Å². The number of aliphatic hydroxyl groups excluding tert-OH is 1. The monoisotopic (exact) mass is 344 g/mol. The predicted molar refractivity (Wildman–Crippen MR) is 98.9 cm³/mol. The van der Waals surface area contributed by atoms with E-state index >= 15 is 0 Å². The van der Waals surface area contributed by atoms with Crippen molar-refractivity contribution in [2.75, 3.05) is 19.6 Å². The molecule has 0 unspecified atom stereocenters. The Morgan fingerprint density at radius 1 is 1.08 bits per heavy atom. The Labute approximate surface area is 151 Å². The van der Waals surface area contributed by atoms with Crippen molar-refractivity contribution < 1.29 is 9.90 Å². The summed E-state index contributed by atoms with van der Waals surface area (Å²) < 4.78 is 0. The molecule has 0 radical (unpaired) electrons. The first kappa shape index (κ1) is 17.1. The van der Waals surface area contributed by atoms with Crippen molar-refractivity contribution in [2.45, 2.75) is 76.9 Å². The second-order valence-corrected chi connectivity index (χ2v) is 8.57. The van der Waals surface area contributed by atoms with Crippen LogP contribution in [0.3, 0.4) is 0 Å². The average molecular weight is 344 g/mol. The average Bonchev–Trinajstić information content (AvgIpc) is 2.92. The third kappa shape index (κ3) is 3.14. The molecule has 0 aromatic carbocycles. The lowest BCUT2D eigenvalue weighted by atomic mass is 9.77. The van der Waals surface area contributed by atoms with Crippen molar-refractivity contribution in [1.29, 1.82) is 0 Å². The van der Waals surface area contributed by atoms with Crippen LogP contribution in [0.1, 0.15) is 64.7 Å². The van der Waals surface area contributed by atoms with Gasteiger partial charge in [0.1, 0.15) is 0 Å². The summed E-state index contributed by atoms with van der Waals surface area (Å²) in [5, 5.41) is 9.76. The Morgan fingerprint density at radius 3 is 2.60 bits per heavy atom. The number of hydrogen-bond acceptors (Lipinski definition) is 3. The van der Waals surface area contributed by atoms with Crippen LogP contribution in [-0.4, -0.2) is 52.6 Å². The lowest BCUT2D eigenvalue weighted by Crippen LogP contribution is -2.49. The first-order chi connectivity index (χ1) is 12.1. The van der Waals surface area contributed by atoms with Crippen LogP contribution in [0, 0.1) is 5.41 Å². The lowest BCUT2D eigenvalue weighted by molar-refractivity contribution is -0.141. The number of nitrogens with zero attached hydrogens (tertiary/aromatic N) is 2. The molecule has 0 bridgehead atoms. The highest BCUT2D eigenvalue weighted by molar-refractivity contribution is 5.85. The third-order valence-corrected chi connectivity index (χ3v) is 6.93. The molecule has 1 N–H and O–H groups in total. The highest BCUT2D eigenvalue weighted by Crippen LogP contribution is 2.44. The van der Waals surface area contributed by atoms with Crippen molar-refractivity contribution in [3.63, 3.8) is 0 Å². The molecule has 1 spiro atoms. The van der Waals surface area contributed by atoms with Crippen molar-refractivity contribution in [3.8, 4) is 0 Å². The van der Waals surface area contributed by atoms with Gasteiger partial charge in [0.15, 0.2) is 0 Å². The molecule has 0 aromatic heterocycles. The van der Waals surface area contributed by atoms with Gasteiger partial charge in [-0.05, 0) is 70.3 Å². The molecule has 0 aromatic rings. The standard InChI is InChI=1S/C21H32N2O2/c1-16-5-2-3-6-19(16)22-13-4-11-21(15-22)12-14-23(20(21)25)17-7-9-18(24)10-8-17/h5-6,17-18,24H,2-4,7-15H2,1H3/t17?,18?,21-/m1/s1. The van der Waals surface area contributed by atoms with E-state index in [1.165, 1.54) is 11.3 Å². The maximum absolute atomic E-state index is 13.4. The van der Waals surface area contributed by atoms with Gasteiger partial charge in [0.2, 0.25) is 5.91 Å². The zero-order valence-corrected chi connectivity index (χ0v) is 15.5. The molecule has 4 heteroatoms. The minimum absolute atomic E-state index is 0.152. The summed E-state index contributed by atoms with van der Waals surface area (Å²) in [4.78, 5) is 18.0. The highest BCUT2D eigenvalue weighted by Gasteiger charge is 2.50. The second-order valence-electron chi connectivity index (χ2n) is 8.57. The molecule has 2 heterocycles. The fourth-order valence-electron chi connectivity index (χ4n) is 5.45. The maximum Gasteiger partial charge on any atom is 0.230 e. The fourth-order valence-corrected chi connectivity index (χ4v) is 5.45. The molecule has 4 aliphatic rings. The van der Waals surface area contributed by atoms with Crippen LogP contribution in [0.15, 0.2) is 23.4 Å². The number of allylic oxidation sites excluding steroid dienone is 3. The SMILES string of the molecule is CC1=CCCC=C1N1CCC[C@@]2(CCN(C3CCC(O)CC3)C2=O)C1. The van der Waals surface area contributed by atoms with Gasteiger partial charge >= 0.3 is 0 Å². The Morgan fingerprint density at radius 2 is 1.84 bits per heavy atom. The minimum atomic E-state index is -0.160. The molecular weight excluding hydrogens is 312 g/mol. The molecule has 4 nitrogen and oxygen atoms in total. The van der Waals surface area contributed by atoms with Crippen molar-refractivity contribution >= 4 is 5.91 Å². The number of rotatable bonds is 2. The summed E-state index contributed by atoms with van der Waals surface area (Å²) >= 11 is 0. The Bertz CT molecular complexity index is 589. The van der Waals surface area contributed by atoms with Gasteiger partial charge in [-0.1, -0.05) is 12.2 Å². The third-order valence-electron chi connectivity index (χ3n) is 6.93. The molecule has 3 fully saturated rings. The largest absolute Gasteiger partial charge is 0.393 e. The predicted octanol–water partition coefficient (Wildman–Crippen LogP) is 3.23. The van der Waals surface area contributed by atoms with E-state index in [1.807, 2.05) is 0 Å². The van der Waals surface area contributed by atoms with E-state index in [0.717, 1.165) is 77.4 Å². The zero-order valence-electron chi connectivity index (χ0n) is 15.5. The fraction of sp³-hybridized carbons (Fsp3) is 0.762. The Balaban J connectivity index is 1.47. The van der Waals surface area contributed by atoms with Crippen LogP contribution in [0.25, 0.3) is 0 Å². The van der Waals surface area contributed by atoms with E-state index in [0.29, 0.717) is 11.9 Å². The molecule has 4 rings (SSSR count). The summed E-state index contributed by atoms with van der Waals surface area (Å²) in [5.74, 6) is 0.400. The summed E-state index contributed by atoms with van der Waals surface area (Å²) in [6.07, 6.45) is 13.7. The molecule has 2 aliphatic heterocycles. The molecule has 2 aliphatic carbocycles. The number of hydrogen-bond donors (Lipinski definition) is 1. The summed E-state index contributed by atoms with van der Waals surface area (Å²) in [5.41, 5.74) is 2.59. The van der Waals surface area contributed by atoms with Gasteiger partial charge in [0, 0.05) is 31.4 Å². The van der Waals surface area contributed by atoms with Crippen LogP contribution < -0.4 is 0 Å². The topological polar surface area (TPSA) is 43.8 Å². The van der Waals surface area contributed by atoms with E-state index in [-0.39, 0.29) is 11.5 Å². The maximum atomic E-state index is 13.4. The smallest absolute Gasteiger partial charge is 0.230 e. The summed E-state index contributed by atoms with van der Waals surface area (Å²) in [6, 6.07) is 0.362. The number of piperidine rings is 1. The normalized spacial score (nSPS) is 36.6. The van der Waals surface area contributed by atoms with Gasteiger partial charge in [0.25, 0.3) is 0 Å². The zero-order chi connectivity index (χ0) is 17.4.